The molecule has 0 unspecified atom stereocenters. The fourth-order valence-electron chi connectivity index (χ4n) is 3.27. The van der Waals surface area contributed by atoms with Crippen LogP contribution in [0.15, 0.2) is 47.4 Å². The minimum Gasteiger partial charge on any atom is -0.457 e. The molecule has 0 radical (unpaired) electrons. The number of fused-ring (bicyclic) bond motifs is 1. The zero-order valence-corrected chi connectivity index (χ0v) is 18.7. The van der Waals surface area contributed by atoms with Crippen molar-refractivity contribution < 1.29 is 22.3 Å². The summed E-state index contributed by atoms with van der Waals surface area (Å²) in [6, 6.07) is 11.1. The molecular weight excluding hydrogens is 421 g/mol. The number of carbonyl (C=O) groups excluding carboxylic acids is 1. The van der Waals surface area contributed by atoms with Gasteiger partial charge in [-0.3, -0.25) is 4.79 Å². The Labute approximate surface area is 181 Å². The lowest BCUT2D eigenvalue weighted by atomic mass is 10.1. The monoisotopic (exact) mass is 447 g/mol. The van der Waals surface area contributed by atoms with E-state index in [0.717, 1.165) is 16.2 Å². The van der Waals surface area contributed by atoms with Crippen molar-refractivity contribution in [3.8, 4) is 0 Å². The third-order valence-electron chi connectivity index (χ3n) is 4.94. The minimum atomic E-state index is -3.58. The van der Waals surface area contributed by atoms with Crippen LogP contribution >= 0.6 is 0 Å². The van der Waals surface area contributed by atoms with E-state index in [2.05, 4.69) is 4.98 Å². The van der Waals surface area contributed by atoms with E-state index in [1.807, 2.05) is 11.5 Å². The van der Waals surface area contributed by atoms with E-state index in [9.17, 15) is 17.6 Å². The highest BCUT2D eigenvalue weighted by atomic mass is 32.2. The number of nitrogens with zero attached hydrogens (tertiary/aromatic N) is 3. The van der Waals surface area contributed by atoms with Crippen molar-refractivity contribution >= 4 is 27.0 Å². The van der Waals surface area contributed by atoms with Gasteiger partial charge >= 0.3 is 5.97 Å². The molecule has 9 heteroatoms. The van der Waals surface area contributed by atoms with Gasteiger partial charge in [0.25, 0.3) is 0 Å². The quantitative estimate of drug-likeness (QED) is 0.469. The lowest BCUT2D eigenvalue weighted by Gasteiger charge is -2.11. The second-order valence-electron chi connectivity index (χ2n) is 7.37. The zero-order chi connectivity index (χ0) is 22.6. The van der Waals surface area contributed by atoms with Gasteiger partial charge in [0.2, 0.25) is 10.0 Å². The average molecular weight is 448 g/mol. The Bertz CT molecular complexity index is 1190. The van der Waals surface area contributed by atoms with Crippen LogP contribution in [0.25, 0.3) is 11.0 Å². The Morgan fingerprint density at radius 1 is 1.19 bits per heavy atom. The maximum Gasteiger partial charge on any atom is 0.306 e. The number of esters is 1. The van der Waals surface area contributed by atoms with Gasteiger partial charge in [-0.2, -0.15) is 0 Å². The van der Waals surface area contributed by atoms with Gasteiger partial charge in [-0.15, -0.1) is 0 Å². The summed E-state index contributed by atoms with van der Waals surface area (Å²) >= 11 is 0. The molecule has 3 aromatic rings. The van der Waals surface area contributed by atoms with E-state index in [1.165, 1.54) is 26.2 Å². The van der Waals surface area contributed by atoms with Crippen LogP contribution in [0.3, 0.4) is 0 Å². The Kier molecular flexibility index (Phi) is 7.07. The number of rotatable bonds is 9. The molecule has 0 spiro atoms. The van der Waals surface area contributed by atoms with Crippen LogP contribution in [0.5, 0.6) is 0 Å². The summed E-state index contributed by atoms with van der Waals surface area (Å²) in [5.41, 5.74) is 1.76. The first kappa shape index (κ1) is 22.9. The molecule has 31 heavy (non-hydrogen) atoms. The molecule has 0 saturated heterocycles. The number of halogens is 1. The molecule has 3 rings (SSSR count). The van der Waals surface area contributed by atoms with Gasteiger partial charge in [0.15, 0.2) is 0 Å². The van der Waals surface area contributed by atoms with Gasteiger partial charge < -0.3 is 9.30 Å². The van der Waals surface area contributed by atoms with Crippen LogP contribution in [-0.2, 0) is 39.1 Å². The lowest BCUT2D eigenvalue weighted by Crippen LogP contribution is -2.22. The maximum absolute atomic E-state index is 13.7. The molecule has 0 atom stereocenters. The van der Waals surface area contributed by atoms with Crippen molar-refractivity contribution in [2.75, 3.05) is 14.1 Å². The van der Waals surface area contributed by atoms with E-state index in [0.29, 0.717) is 23.4 Å². The molecule has 7 nitrogen and oxygen atoms in total. The van der Waals surface area contributed by atoms with Crippen molar-refractivity contribution in [1.82, 2.24) is 13.9 Å². The Balaban J connectivity index is 1.76. The highest BCUT2D eigenvalue weighted by Gasteiger charge is 2.20. The van der Waals surface area contributed by atoms with E-state index < -0.39 is 16.0 Å². The van der Waals surface area contributed by atoms with Gasteiger partial charge in [0.1, 0.15) is 18.2 Å². The largest absolute Gasteiger partial charge is 0.457 e. The van der Waals surface area contributed by atoms with Crippen LogP contribution in [0, 0.1) is 5.82 Å². The first-order valence-corrected chi connectivity index (χ1v) is 11.5. The molecule has 166 valence electrons. The number of aryl methyl sites for hydroxylation is 2. The fourth-order valence-corrected chi connectivity index (χ4v) is 4.19. The number of imidazole rings is 1. The van der Waals surface area contributed by atoms with Gasteiger partial charge in [-0.25, -0.2) is 22.1 Å². The summed E-state index contributed by atoms with van der Waals surface area (Å²) in [5, 5.41) is 0. The van der Waals surface area contributed by atoms with Crippen LogP contribution in [0.4, 0.5) is 4.39 Å². The Morgan fingerprint density at radius 3 is 2.61 bits per heavy atom. The van der Waals surface area contributed by atoms with Crippen LogP contribution in [0.1, 0.15) is 31.2 Å². The average Bonchev–Trinajstić information content (AvgIpc) is 3.08. The lowest BCUT2D eigenvalue weighted by molar-refractivity contribution is -0.145. The summed E-state index contributed by atoms with van der Waals surface area (Å²) in [5.74, 6) is -0.256. The van der Waals surface area contributed by atoms with E-state index >= 15 is 0 Å². The third-order valence-corrected chi connectivity index (χ3v) is 6.75. The van der Waals surface area contributed by atoms with Crippen molar-refractivity contribution in [1.29, 1.82) is 0 Å². The molecule has 2 aromatic carbocycles. The van der Waals surface area contributed by atoms with Crippen molar-refractivity contribution in [2.24, 2.45) is 0 Å². The molecule has 0 fully saturated rings. The number of sulfonamides is 1. The summed E-state index contributed by atoms with van der Waals surface area (Å²) < 4.78 is 47.0. The molecular formula is C22H26FN3O4S. The second kappa shape index (κ2) is 9.57. The second-order valence-corrected chi connectivity index (χ2v) is 9.52. The van der Waals surface area contributed by atoms with Gasteiger partial charge in [0, 0.05) is 27.1 Å². The van der Waals surface area contributed by atoms with E-state index in [1.54, 1.807) is 30.3 Å². The van der Waals surface area contributed by atoms with Gasteiger partial charge in [-0.1, -0.05) is 25.1 Å². The number of carbonyl (C=O) groups is 1. The Morgan fingerprint density at radius 2 is 1.94 bits per heavy atom. The molecule has 0 bridgehead atoms. The first-order valence-electron chi connectivity index (χ1n) is 10.0. The fraction of sp³-hybridized carbons (Fsp3) is 0.364. The topological polar surface area (TPSA) is 81.5 Å². The smallest absolute Gasteiger partial charge is 0.306 e. The first-order chi connectivity index (χ1) is 14.7. The molecule has 1 aromatic heterocycles. The van der Waals surface area contributed by atoms with E-state index in [4.69, 9.17) is 4.74 Å². The van der Waals surface area contributed by atoms with Crippen molar-refractivity contribution in [2.45, 2.75) is 44.2 Å². The summed E-state index contributed by atoms with van der Waals surface area (Å²) in [7, 11) is -0.632. The summed E-state index contributed by atoms with van der Waals surface area (Å²) in [4.78, 5) is 16.8. The molecule has 0 aliphatic rings. The van der Waals surface area contributed by atoms with Crippen LogP contribution in [-0.4, -0.2) is 42.3 Å². The molecule has 0 saturated carbocycles. The standard InChI is InChI=1S/C22H26FN3O4S/c1-4-13-26-20-11-10-17(31(28,29)25(2)3)14-19(20)24-21(26)15-30-22(27)12-9-16-7-5-6-8-18(16)23/h5-8,10-11,14H,4,9,12-13,15H2,1-3H3. The zero-order valence-electron chi connectivity index (χ0n) is 17.8. The van der Waals surface area contributed by atoms with Crippen LogP contribution in [0.2, 0.25) is 0 Å². The van der Waals surface area contributed by atoms with Gasteiger partial charge in [0.05, 0.1) is 15.9 Å². The molecule has 0 aliphatic heterocycles. The Hall–Kier alpha value is -2.78. The SMILES string of the molecule is CCCn1c(COC(=O)CCc2ccccc2F)nc2cc(S(=O)(=O)N(C)C)ccc21. The highest BCUT2D eigenvalue weighted by molar-refractivity contribution is 7.89. The molecule has 0 amide bonds. The number of hydrogen-bond donors (Lipinski definition) is 0. The minimum absolute atomic E-state index is 0.0411. The van der Waals surface area contributed by atoms with Crippen LogP contribution < -0.4 is 0 Å². The number of hydrogen-bond acceptors (Lipinski definition) is 5. The number of aromatic nitrogens is 2. The number of ether oxygens (including phenoxy) is 1. The molecule has 0 aliphatic carbocycles. The highest BCUT2D eigenvalue weighted by Crippen LogP contribution is 2.23. The van der Waals surface area contributed by atoms with Crippen molar-refractivity contribution in [3.05, 3.63) is 59.7 Å². The predicted octanol–water partition coefficient (Wildman–Crippen LogP) is 3.51. The number of benzene rings is 2. The normalized spacial score (nSPS) is 11.9. The third kappa shape index (κ3) is 5.11. The summed E-state index contributed by atoms with van der Waals surface area (Å²) in [6.07, 6.45) is 1.14. The summed E-state index contributed by atoms with van der Waals surface area (Å²) in [6.45, 7) is 2.62. The van der Waals surface area contributed by atoms with Gasteiger partial charge in [-0.05, 0) is 42.7 Å². The maximum atomic E-state index is 13.7. The van der Waals surface area contributed by atoms with Crippen molar-refractivity contribution in [3.63, 3.8) is 0 Å². The molecule has 0 N–H and O–H groups in total. The molecule has 1 heterocycles. The predicted molar refractivity (Wildman–Crippen MR) is 115 cm³/mol. The van der Waals surface area contributed by atoms with E-state index in [-0.39, 0.29) is 30.2 Å².